The molecule has 84 valence electrons. The maximum atomic E-state index is 5.28. The third kappa shape index (κ3) is 2.13. The highest BCUT2D eigenvalue weighted by Gasteiger charge is 2.08. The number of furan rings is 1. The highest BCUT2D eigenvalue weighted by atomic mass is 16.5. The summed E-state index contributed by atoms with van der Waals surface area (Å²) in [4.78, 5) is 0. The molecule has 0 unspecified atom stereocenters. The number of nitrogens with zero attached hydrogens (tertiary/aromatic N) is 1. The normalized spacial score (nSPS) is 10.6. The van der Waals surface area contributed by atoms with Gasteiger partial charge in [-0.05, 0) is 17.7 Å². The third-order valence-electron chi connectivity index (χ3n) is 2.55. The minimum absolute atomic E-state index is 0.730. The summed E-state index contributed by atoms with van der Waals surface area (Å²) in [6.45, 7) is 0. The fourth-order valence-corrected chi connectivity index (χ4v) is 1.73. The van der Waals surface area contributed by atoms with Crippen molar-refractivity contribution in [2.45, 2.75) is 6.42 Å². The second-order valence-electron chi connectivity index (χ2n) is 3.82. The van der Waals surface area contributed by atoms with Gasteiger partial charge in [-0.1, -0.05) is 35.5 Å². The van der Waals surface area contributed by atoms with Crippen molar-refractivity contribution >= 4 is 0 Å². The average molecular weight is 225 g/mol. The Bertz CT molecular complexity index is 582. The Balaban J connectivity index is 1.82. The van der Waals surface area contributed by atoms with E-state index in [0.717, 1.165) is 23.6 Å². The molecule has 17 heavy (non-hydrogen) atoms. The minimum atomic E-state index is 0.730. The molecule has 0 fully saturated rings. The first-order valence-electron chi connectivity index (χ1n) is 5.45. The predicted molar refractivity (Wildman–Crippen MR) is 63.5 cm³/mol. The van der Waals surface area contributed by atoms with Gasteiger partial charge in [-0.2, -0.15) is 0 Å². The zero-order valence-corrected chi connectivity index (χ0v) is 9.17. The number of hydrogen-bond acceptors (Lipinski definition) is 3. The van der Waals surface area contributed by atoms with Crippen LogP contribution in [0.1, 0.15) is 11.3 Å². The van der Waals surface area contributed by atoms with Gasteiger partial charge in [0.05, 0.1) is 6.26 Å². The maximum absolute atomic E-state index is 5.28. The van der Waals surface area contributed by atoms with Gasteiger partial charge in [0.25, 0.3) is 0 Å². The molecule has 3 heteroatoms. The van der Waals surface area contributed by atoms with E-state index in [9.17, 15) is 0 Å². The lowest BCUT2D eigenvalue weighted by Gasteiger charge is -1.94. The Morgan fingerprint density at radius 2 is 1.88 bits per heavy atom. The fourth-order valence-electron chi connectivity index (χ4n) is 1.73. The molecule has 0 aliphatic carbocycles. The van der Waals surface area contributed by atoms with Crippen molar-refractivity contribution in [1.82, 2.24) is 5.16 Å². The van der Waals surface area contributed by atoms with E-state index < -0.39 is 0 Å². The Morgan fingerprint density at radius 3 is 2.65 bits per heavy atom. The number of hydrogen-bond donors (Lipinski definition) is 0. The number of aromatic nitrogens is 1. The van der Waals surface area contributed by atoms with Crippen molar-refractivity contribution in [2.24, 2.45) is 0 Å². The summed E-state index contributed by atoms with van der Waals surface area (Å²) >= 11 is 0. The summed E-state index contributed by atoms with van der Waals surface area (Å²) in [5.74, 6) is 1.57. The molecule has 0 bridgehead atoms. The number of rotatable bonds is 3. The molecular weight excluding hydrogens is 214 g/mol. The minimum Gasteiger partial charge on any atom is -0.463 e. The molecule has 0 amide bonds. The summed E-state index contributed by atoms with van der Waals surface area (Å²) in [7, 11) is 0. The fraction of sp³-hybridized carbons (Fsp3) is 0.0714. The smallest absolute Gasteiger partial charge is 0.155 e. The van der Waals surface area contributed by atoms with Crippen molar-refractivity contribution in [3.05, 3.63) is 66.1 Å². The van der Waals surface area contributed by atoms with Crippen molar-refractivity contribution in [3.8, 4) is 11.5 Å². The van der Waals surface area contributed by atoms with Gasteiger partial charge < -0.3 is 8.94 Å². The monoisotopic (exact) mass is 225 g/mol. The molecule has 3 aromatic rings. The molecule has 0 aliphatic heterocycles. The SMILES string of the molecule is c1ccc(Cc2cc(-c3ccco3)no2)cc1. The van der Waals surface area contributed by atoms with Crippen LogP contribution in [0.5, 0.6) is 0 Å². The molecule has 0 radical (unpaired) electrons. The molecule has 3 rings (SSSR count). The Labute approximate surface area is 98.7 Å². The van der Waals surface area contributed by atoms with Crippen LogP contribution in [-0.2, 0) is 6.42 Å². The molecule has 0 spiro atoms. The first-order chi connectivity index (χ1) is 8.42. The van der Waals surface area contributed by atoms with Gasteiger partial charge in [0.1, 0.15) is 11.5 Å². The topological polar surface area (TPSA) is 39.2 Å². The van der Waals surface area contributed by atoms with Crippen LogP contribution < -0.4 is 0 Å². The summed E-state index contributed by atoms with van der Waals surface area (Å²) in [5.41, 5.74) is 1.94. The van der Waals surface area contributed by atoms with E-state index in [0.29, 0.717) is 0 Å². The molecule has 0 atom stereocenters. The molecule has 2 aromatic heterocycles. The number of benzene rings is 1. The van der Waals surface area contributed by atoms with Crippen LogP contribution in [0.15, 0.2) is 63.7 Å². The summed E-state index contributed by atoms with van der Waals surface area (Å²) in [6, 6.07) is 15.8. The van der Waals surface area contributed by atoms with Gasteiger partial charge in [0, 0.05) is 12.5 Å². The van der Waals surface area contributed by atoms with Gasteiger partial charge in [0.15, 0.2) is 5.76 Å². The van der Waals surface area contributed by atoms with Gasteiger partial charge >= 0.3 is 0 Å². The van der Waals surface area contributed by atoms with Crippen LogP contribution in [0.3, 0.4) is 0 Å². The standard InChI is InChI=1S/C14H11NO2/c1-2-5-11(6-3-1)9-12-10-13(15-17-12)14-7-4-8-16-14/h1-8,10H,9H2. The zero-order valence-electron chi connectivity index (χ0n) is 9.17. The third-order valence-corrected chi connectivity index (χ3v) is 2.55. The quantitative estimate of drug-likeness (QED) is 0.684. The van der Waals surface area contributed by atoms with Crippen LogP contribution in [0.2, 0.25) is 0 Å². The first-order valence-corrected chi connectivity index (χ1v) is 5.45. The molecule has 2 heterocycles. The van der Waals surface area contributed by atoms with E-state index in [4.69, 9.17) is 8.94 Å². The predicted octanol–water partition coefficient (Wildman–Crippen LogP) is 3.53. The largest absolute Gasteiger partial charge is 0.463 e. The van der Waals surface area contributed by atoms with Crippen LogP contribution in [-0.4, -0.2) is 5.16 Å². The van der Waals surface area contributed by atoms with E-state index in [-0.39, 0.29) is 0 Å². The molecule has 1 aromatic carbocycles. The lowest BCUT2D eigenvalue weighted by molar-refractivity contribution is 0.389. The van der Waals surface area contributed by atoms with Crippen molar-refractivity contribution in [3.63, 3.8) is 0 Å². The summed E-state index contributed by atoms with van der Waals surface area (Å²) in [6.07, 6.45) is 2.37. The van der Waals surface area contributed by atoms with Gasteiger partial charge in [-0.3, -0.25) is 0 Å². The highest BCUT2D eigenvalue weighted by molar-refractivity contribution is 5.51. The Kier molecular flexibility index (Phi) is 2.50. The highest BCUT2D eigenvalue weighted by Crippen LogP contribution is 2.20. The summed E-state index contributed by atoms with van der Waals surface area (Å²) in [5, 5.41) is 3.99. The molecule has 0 N–H and O–H groups in total. The lowest BCUT2D eigenvalue weighted by Crippen LogP contribution is -1.83. The molecular formula is C14H11NO2. The van der Waals surface area contributed by atoms with Crippen molar-refractivity contribution in [1.29, 1.82) is 0 Å². The molecule has 0 saturated heterocycles. The maximum Gasteiger partial charge on any atom is 0.155 e. The zero-order chi connectivity index (χ0) is 11.5. The van der Waals surface area contributed by atoms with E-state index in [1.54, 1.807) is 6.26 Å². The van der Waals surface area contributed by atoms with Crippen molar-refractivity contribution < 1.29 is 8.94 Å². The molecule has 0 saturated carbocycles. The van der Waals surface area contributed by atoms with Gasteiger partial charge in [-0.15, -0.1) is 0 Å². The van der Waals surface area contributed by atoms with Crippen LogP contribution in [0, 0.1) is 0 Å². The molecule has 3 nitrogen and oxygen atoms in total. The van der Waals surface area contributed by atoms with E-state index in [1.807, 2.05) is 36.4 Å². The van der Waals surface area contributed by atoms with Crippen molar-refractivity contribution in [2.75, 3.05) is 0 Å². The second-order valence-corrected chi connectivity index (χ2v) is 3.82. The van der Waals surface area contributed by atoms with Crippen LogP contribution in [0.4, 0.5) is 0 Å². The van der Waals surface area contributed by atoms with Gasteiger partial charge in [-0.25, -0.2) is 0 Å². The van der Waals surface area contributed by atoms with E-state index in [2.05, 4.69) is 17.3 Å². The lowest BCUT2D eigenvalue weighted by atomic mass is 10.1. The summed E-state index contributed by atoms with van der Waals surface area (Å²) < 4.78 is 10.5. The average Bonchev–Trinajstić information content (AvgIpc) is 3.00. The van der Waals surface area contributed by atoms with E-state index >= 15 is 0 Å². The molecule has 0 aliphatic rings. The van der Waals surface area contributed by atoms with Gasteiger partial charge in [0.2, 0.25) is 0 Å². The van der Waals surface area contributed by atoms with Crippen LogP contribution in [0.25, 0.3) is 11.5 Å². The van der Waals surface area contributed by atoms with Crippen LogP contribution >= 0.6 is 0 Å². The Hall–Kier alpha value is -2.29. The second kappa shape index (κ2) is 4.29. The first kappa shape index (κ1) is 9.90. The van der Waals surface area contributed by atoms with E-state index in [1.165, 1.54) is 5.56 Å². The Morgan fingerprint density at radius 1 is 1.00 bits per heavy atom.